The van der Waals surface area contributed by atoms with E-state index < -0.39 is 20.0 Å². The van der Waals surface area contributed by atoms with Crippen LogP contribution < -0.4 is 21.3 Å². The quantitative estimate of drug-likeness (QED) is 0.0467. The van der Waals surface area contributed by atoms with Crippen LogP contribution in [0.25, 0.3) is 22.5 Å². The minimum Gasteiger partial charge on any atom is -0.381 e. The van der Waals surface area contributed by atoms with Gasteiger partial charge in [-0.05, 0) is 123 Å². The third-order valence-corrected chi connectivity index (χ3v) is 19.3. The Balaban J connectivity index is 0.000000187. The molecule has 4 heterocycles. The maximum absolute atomic E-state index is 13.8. The first-order valence-electron chi connectivity index (χ1n) is 28.3. The fourth-order valence-corrected chi connectivity index (χ4v) is 13.7. The Labute approximate surface area is 512 Å². The van der Waals surface area contributed by atoms with Gasteiger partial charge in [-0.15, -0.1) is 11.3 Å². The Hall–Kier alpha value is -5.87. The van der Waals surface area contributed by atoms with Crippen molar-refractivity contribution in [3.05, 3.63) is 206 Å². The lowest BCUT2D eigenvalue weighted by Gasteiger charge is -2.29. The van der Waals surface area contributed by atoms with Crippen LogP contribution in [0.5, 0.6) is 0 Å². The minimum absolute atomic E-state index is 0.0162. The molecule has 84 heavy (non-hydrogen) atoms. The molecular formula is C64H73Cl2N7O7S4. The molecule has 8 aromatic rings. The zero-order chi connectivity index (χ0) is 59.3. The van der Waals surface area contributed by atoms with Gasteiger partial charge >= 0.3 is 0 Å². The first kappa shape index (κ1) is 64.1. The summed E-state index contributed by atoms with van der Waals surface area (Å²) in [7, 11) is -7.48. The van der Waals surface area contributed by atoms with Gasteiger partial charge in [0.2, 0.25) is 26.0 Å². The molecule has 0 aliphatic carbocycles. The Kier molecular flexibility index (Phi) is 24.5. The topological polar surface area (TPSA) is 223 Å². The molecule has 0 radical (unpaired) electrons. The molecule has 2 saturated heterocycles. The molecule has 20 heteroatoms. The summed E-state index contributed by atoms with van der Waals surface area (Å²) in [5, 5.41) is 14.9. The van der Waals surface area contributed by atoms with Gasteiger partial charge in [-0.1, -0.05) is 180 Å². The van der Waals surface area contributed by atoms with Crippen molar-refractivity contribution in [3.8, 4) is 22.5 Å². The predicted octanol–water partition coefficient (Wildman–Crippen LogP) is 12.8. The van der Waals surface area contributed by atoms with E-state index in [0.29, 0.717) is 66.3 Å². The number of ether oxygens (including phenoxy) is 2. The van der Waals surface area contributed by atoms with Crippen LogP contribution in [0.1, 0.15) is 90.5 Å². The largest absolute Gasteiger partial charge is 0.381 e. The third kappa shape index (κ3) is 19.6. The first-order valence-corrected chi connectivity index (χ1v) is 33.7. The number of halogens is 2. The number of hydrogen-bond acceptors (Lipinski definition) is 13. The van der Waals surface area contributed by atoms with Crippen molar-refractivity contribution in [1.82, 2.24) is 20.2 Å². The third-order valence-electron chi connectivity index (χ3n) is 15.1. The zero-order valence-electron chi connectivity index (χ0n) is 46.8. The Morgan fingerprint density at radius 3 is 1.37 bits per heavy atom. The van der Waals surface area contributed by atoms with E-state index in [1.165, 1.54) is 77.1 Å². The van der Waals surface area contributed by atoms with Crippen LogP contribution in [-0.2, 0) is 40.7 Å². The molecule has 2 aliphatic heterocycles. The van der Waals surface area contributed by atoms with Crippen molar-refractivity contribution in [2.75, 3.05) is 58.3 Å². The highest BCUT2D eigenvalue weighted by molar-refractivity contribution is 7.89. The number of nitrogen functional groups attached to an aromatic ring is 1. The number of benzene rings is 6. The number of nitrogens with zero attached hydrogens (tertiary/aromatic N) is 3. The molecule has 14 nitrogen and oxygen atoms in total. The molecule has 2 aliphatic rings. The lowest BCUT2D eigenvalue weighted by Crippen LogP contribution is -2.36. The van der Waals surface area contributed by atoms with E-state index in [9.17, 15) is 21.6 Å². The van der Waals surface area contributed by atoms with E-state index >= 15 is 0 Å². The summed E-state index contributed by atoms with van der Waals surface area (Å²) in [6.07, 6.45) is 8.82. The second kappa shape index (κ2) is 32.0. The van der Waals surface area contributed by atoms with Gasteiger partial charge in [0.05, 0.1) is 16.2 Å². The number of anilines is 1. The van der Waals surface area contributed by atoms with Gasteiger partial charge in [0.1, 0.15) is 25.1 Å². The van der Waals surface area contributed by atoms with Crippen molar-refractivity contribution in [2.24, 2.45) is 22.1 Å². The molecule has 2 fully saturated rings. The van der Waals surface area contributed by atoms with E-state index in [1.807, 2.05) is 17.0 Å². The van der Waals surface area contributed by atoms with Gasteiger partial charge in [0, 0.05) is 62.5 Å². The highest BCUT2D eigenvalue weighted by atomic mass is 35.5. The average Bonchev–Trinajstić information content (AvgIpc) is 4.24. The molecule has 2 aromatic heterocycles. The summed E-state index contributed by atoms with van der Waals surface area (Å²) < 4.78 is 57.3. The van der Waals surface area contributed by atoms with Gasteiger partial charge in [-0.3, -0.25) is 4.79 Å². The number of rotatable bonds is 22. The molecule has 444 valence electrons. The lowest BCUT2D eigenvalue weighted by molar-refractivity contribution is -0.130. The SMILES string of the molecule is NS(=O)(=O)c1ccc(-c2nc(CC(=O)N(CCC3CCOCC3)CCC(c3ccccc3)c3ccccc3)sc2Cl)cc1.Nc1nc(-c2ccc(S(N)(=O)=O)cc2)c(Cl)s1.c1ccc(C(CCNCCC2CCOCC2)c2ccccc2)cc1. The lowest BCUT2D eigenvalue weighted by atomic mass is 9.88. The number of hydrogen-bond donors (Lipinski definition) is 4. The summed E-state index contributed by atoms with van der Waals surface area (Å²) in [5.74, 6) is 2.06. The summed E-state index contributed by atoms with van der Waals surface area (Å²) >= 11 is 14.9. The maximum atomic E-state index is 13.8. The average molecular weight is 1250 g/mol. The van der Waals surface area contributed by atoms with Crippen LogP contribution in [0.2, 0.25) is 8.67 Å². The van der Waals surface area contributed by atoms with Crippen LogP contribution in [0.4, 0.5) is 5.13 Å². The fourth-order valence-electron chi connectivity index (χ4n) is 10.5. The van der Waals surface area contributed by atoms with Crippen LogP contribution >= 0.6 is 45.9 Å². The number of nitrogens with two attached hydrogens (primary N) is 3. The molecule has 0 unspecified atom stereocenters. The first-order chi connectivity index (χ1) is 40.6. The van der Waals surface area contributed by atoms with Crippen LogP contribution in [0, 0.1) is 11.8 Å². The van der Waals surface area contributed by atoms with Crippen molar-refractivity contribution in [1.29, 1.82) is 0 Å². The van der Waals surface area contributed by atoms with Gasteiger partial charge in [0.25, 0.3) is 0 Å². The maximum Gasteiger partial charge on any atom is 0.238 e. The number of primary sulfonamides is 2. The number of aromatic nitrogens is 2. The Bertz CT molecular complexity index is 3420. The van der Waals surface area contributed by atoms with Crippen LogP contribution in [-0.4, -0.2) is 90.2 Å². The van der Waals surface area contributed by atoms with Crippen molar-refractivity contribution < 1.29 is 31.1 Å². The van der Waals surface area contributed by atoms with Gasteiger partial charge in [0.15, 0.2) is 5.13 Å². The number of carbonyl (C=O) groups is 1. The summed E-state index contributed by atoms with van der Waals surface area (Å²) in [6.45, 7) is 6.96. The summed E-state index contributed by atoms with van der Waals surface area (Å²) in [5.41, 5.74) is 13.2. The molecule has 0 spiro atoms. The monoisotopic (exact) mass is 1250 g/mol. The van der Waals surface area contributed by atoms with E-state index in [1.54, 1.807) is 24.3 Å². The molecule has 0 atom stereocenters. The van der Waals surface area contributed by atoms with Crippen molar-refractivity contribution in [2.45, 2.75) is 79.4 Å². The molecular weight excluding hydrogens is 1180 g/mol. The summed E-state index contributed by atoms with van der Waals surface area (Å²) in [4.78, 5) is 24.6. The van der Waals surface area contributed by atoms with Gasteiger partial charge in [-0.25, -0.2) is 37.1 Å². The minimum atomic E-state index is -3.80. The predicted molar refractivity (Wildman–Crippen MR) is 340 cm³/mol. The highest BCUT2D eigenvalue weighted by Crippen LogP contribution is 2.36. The van der Waals surface area contributed by atoms with E-state index in [0.717, 1.165) is 88.9 Å². The number of nitrogens with one attached hydrogen (secondary N) is 1. The molecule has 7 N–H and O–H groups in total. The fraction of sp³-hybridized carbons (Fsp3) is 0.328. The smallest absolute Gasteiger partial charge is 0.238 e. The second-order valence-electron chi connectivity index (χ2n) is 20.9. The molecule has 6 aromatic carbocycles. The summed E-state index contributed by atoms with van der Waals surface area (Å²) in [6, 6.07) is 54.7. The van der Waals surface area contributed by atoms with E-state index in [4.69, 9.17) is 48.7 Å². The standard InChI is InChI=1S/C33H36ClN3O4S2.C22H29NO.C9H8ClN3O2S2/c34-33-32(27-11-13-28(14-12-27)43(35,39)40)36-30(42-33)23-31(38)37(19-15-24-17-21-41-22-18-24)20-16-29(25-7-3-1-4-8-25)26-9-5-2-6-10-26;1-3-7-20(8-4-1)22(21-9-5-2-6-10-21)12-16-23-15-11-19-13-17-24-18-14-19;10-8-7(13-9(11)16-8)5-1-3-6(4-2-5)17(12,14)15/h1-14,24,29H,15-23H2,(H2,35,39,40);1-10,19,22-23H,11-18H2;1-4H,(H2,11,13)(H2,12,14,15). The number of thiazole rings is 2. The number of amides is 1. The number of sulfonamides is 2. The Morgan fingerprint density at radius 1 is 0.548 bits per heavy atom. The zero-order valence-corrected chi connectivity index (χ0v) is 51.6. The number of carbonyl (C=O) groups excluding carboxylic acids is 1. The van der Waals surface area contributed by atoms with Crippen LogP contribution in [0.15, 0.2) is 180 Å². The van der Waals surface area contributed by atoms with E-state index in [-0.39, 0.29) is 28.0 Å². The molecule has 0 bridgehead atoms. The van der Waals surface area contributed by atoms with E-state index in [2.05, 4.69) is 124 Å². The molecule has 0 saturated carbocycles. The molecule has 10 rings (SSSR count). The second-order valence-corrected chi connectivity index (χ2v) is 27.3. The van der Waals surface area contributed by atoms with Gasteiger partial charge < -0.3 is 25.4 Å². The Morgan fingerprint density at radius 2 is 0.952 bits per heavy atom. The van der Waals surface area contributed by atoms with Gasteiger partial charge in [-0.2, -0.15) is 0 Å². The highest BCUT2D eigenvalue weighted by Gasteiger charge is 2.24. The van der Waals surface area contributed by atoms with Crippen molar-refractivity contribution >= 4 is 77.0 Å². The molecule has 1 amide bonds. The van der Waals surface area contributed by atoms with Crippen LogP contribution in [0.3, 0.4) is 0 Å². The normalized spacial score (nSPS) is 14.1. The van der Waals surface area contributed by atoms with Crippen molar-refractivity contribution in [3.63, 3.8) is 0 Å².